The molecular formula is C20H17FN4OS. The summed E-state index contributed by atoms with van der Waals surface area (Å²) in [4.78, 5) is 26.1. The first-order chi connectivity index (χ1) is 12.8. The minimum Gasteiger partial charge on any atom is -0.378 e. The molecule has 0 unspecified atom stereocenters. The van der Waals surface area contributed by atoms with Crippen LogP contribution in [0, 0.1) is 18.2 Å². The zero-order chi connectivity index (χ0) is 19.6. The number of aromatic nitrogens is 2. The molecule has 0 radical (unpaired) electrons. The molecule has 27 heavy (non-hydrogen) atoms. The molecule has 2 aromatic heterocycles. The van der Waals surface area contributed by atoms with Crippen molar-refractivity contribution in [2.45, 2.75) is 25.3 Å². The third kappa shape index (κ3) is 4.07. The quantitative estimate of drug-likeness (QED) is 0.651. The van der Waals surface area contributed by atoms with E-state index in [1.165, 1.54) is 18.0 Å². The van der Waals surface area contributed by atoms with Crippen LogP contribution < -0.4 is 5.73 Å². The second-order valence-electron chi connectivity index (χ2n) is 6.39. The fraction of sp³-hybridized carbons (Fsp3) is 0.200. The number of carbonyl (C=O) groups excluding carboxylic acids is 1. The third-order valence-corrected chi connectivity index (χ3v) is 4.89. The van der Waals surface area contributed by atoms with Gasteiger partial charge in [0.25, 0.3) is 0 Å². The van der Waals surface area contributed by atoms with E-state index < -0.39 is 17.1 Å². The molecular weight excluding hydrogens is 363 g/mol. The van der Waals surface area contributed by atoms with Gasteiger partial charge in [-0.25, -0.2) is 14.4 Å². The lowest BCUT2D eigenvalue weighted by Crippen LogP contribution is -2.28. The van der Waals surface area contributed by atoms with Gasteiger partial charge in [-0.3, -0.25) is 9.78 Å². The average molecular weight is 380 g/mol. The molecule has 3 rings (SSSR count). The van der Waals surface area contributed by atoms with E-state index >= 15 is 0 Å². The van der Waals surface area contributed by atoms with Crippen molar-refractivity contribution < 1.29 is 9.18 Å². The molecule has 7 heteroatoms. The van der Waals surface area contributed by atoms with E-state index in [1.54, 1.807) is 18.3 Å². The number of amidine groups is 1. The van der Waals surface area contributed by atoms with Gasteiger partial charge >= 0.3 is 0 Å². The summed E-state index contributed by atoms with van der Waals surface area (Å²) in [7, 11) is 0. The highest BCUT2D eigenvalue weighted by Gasteiger charge is 2.33. The van der Waals surface area contributed by atoms with E-state index in [2.05, 4.69) is 27.5 Å². The molecule has 1 aliphatic heterocycles. The summed E-state index contributed by atoms with van der Waals surface area (Å²) < 4.78 is 14.1. The Hall–Kier alpha value is -2.98. The van der Waals surface area contributed by atoms with Crippen LogP contribution in [0.2, 0.25) is 0 Å². The predicted molar refractivity (Wildman–Crippen MR) is 105 cm³/mol. The number of hydrogen-bond donors (Lipinski definition) is 1. The molecule has 3 heterocycles. The maximum absolute atomic E-state index is 14.1. The Morgan fingerprint density at radius 3 is 2.93 bits per heavy atom. The van der Waals surface area contributed by atoms with E-state index in [9.17, 15) is 9.18 Å². The Kier molecular flexibility index (Phi) is 5.10. The highest BCUT2D eigenvalue weighted by molar-refractivity contribution is 8.17. The van der Waals surface area contributed by atoms with Crippen LogP contribution in [-0.4, -0.2) is 20.9 Å². The van der Waals surface area contributed by atoms with Gasteiger partial charge in [-0.1, -0.05) is 24.3 Å². The molecule has 2 aromatic rings. The molecule has 0 aromatic carbocycles. The van der Waals surface area contributed by atoms with Crippen LogP contribution in [0.4, 0.5) is 4.39 Å². The van der Waals surface area contributed by atoms with Crippen molar-refractivity contribution >= 4 is 22.7 Å². The van der Waals surface area contributed by atoms with Gasteiger partial charge in [-0.05, 0) is 35.6 Å². The molecule has 0 amide bonds. The molecule has 0 fully saturated rings. The van der Waals surface area contributed by atoms with Gasteiger partial charge in [0, 0.05) is 30.8 Å². The number of nitrogens with zero attached hydrogens (tertiary/aromatic N) is 3. The summed E-state index contributed by atoms with van der Waals surface area (Å²) in [5, 5.41) is 0.428. The summed E-state index contributed by atoms with van der Waals surface area (Å²) in [6, 6.07) is 4.62. The first-order valence-corrected chi connectivity index (χ1v) is 8.94. The van der Waals surface area contributed by atoms with E-state index in [1.807, 2.05) is 6.92 Å². The second-order valence-corrected chi connectivity index (χ2v) is 7.59. The number of pyridine rings is 2. The van der Waals surface area contributed by atoms with Gasteiger partial charge in [-0.15, -0.1) is 6.42 Å². The molecule has 5 nitrogen and oxygen atoms in total. The van der Waals surface area contributed by atoms with Crippen LogP contribution in [0.25, 0.3) is 0 Å². The number of halogens is 1. The number of thioether (sulfide) groups is 1. The van der Waals surface area contributed by atoms with Crippen molar-refractivity contribution in [3.63, 3.8) is 0 Å². The number of hydrogen-bond acceptors (Lipinski definition) is 6. The molecule has 136 valence electrons. The average Bonchev–Trinajstić information content (AvgIpc) is 2.60. The lowest BCUT2D eigenvalue weighted by atomic mass is 9.92. The van der Waals surface area contributed by atoms with Crippen LogP contribution >= 0.6 is 11.8 Å². The van der Waals surface area contributed by atoms with Crippen LogP contribution in [0.3, 0.4) is 0 Å². The van der Waals surface area contributed by atoms with E-state index in [0.717, 1.165) is 11.0 Å². The molecule has 0 saturated carbocycles. The maximum Gasteiger partial charge on any atom is 0.188 e. The monoisotopic (exact) mass is 380 g/mol. The number of ketones is 1. The Morgan fingerprint density at radius 1 is 1.48 bits per heavy atom. The van der Waals surface area contributed by atoms with Gasteiger partial charge in [0.05, 0.1) is 5.69 Å². The zero-order valence-electron chi connectivity index (χ0n) is 14.7. The summed E-state index contributed by atoms with van der Waals surface area (Å²) in [5.41, 5.74) is 6.64. The number of aliphatic imine (C=N–C) groups is 1. The number of rotatable bonds is 4. The number of carbonyl (C=O) groups is 1. The fourth-order valence-electron chi connectivity index (χ4n) is 2.89. The molecule has 0 aliphatic carbocycles. The van der Waals surface area contributed by atoms with Crippen LogP contribution in [0.15, 0.2) is 47.1 Å². The molecule has 2 N–H and O–H groups in total. The number of nitrogens with two attached hydrogens (primary N) is 1. The maximum atomic E-state index is 14.1. The fourth-order valence-corrected chi connectivity index (χ4v) is 3.79. The van der Waals surface area contributed by atoms with Crippen molar-refractivity contribution in [2.75, 3.05) is 0 Å². The van der Waals surface area contributed by atoms with E-state index in [0.29, 0.717) is 22.8 Å². The summed E-state index contributed by atoms with van der Waals surface area (Å²) in [6.07, 6.45) is 8.69. The van der Waals surface area contributed by atoms with Gasteiger partial charge in [-0.2, -0.15) is 0 Å². The summed E-state index contributed by atoms with van der Waals surface area (Å²) in [5.74, 6) is 1.12. The van der Waals surface area contributed by atoms with Crippen LogP contribution in [-0.2, 0) is 12.0 Å². The van der Waals surface area contributed by atoms with Crippen LogP contribution in [0.1, 0.15) is 40.7 Å². The van der Waals surface area contributed by atoms with E-state index in [-0.39, 0.29) is 17.7 Å². The largest absolute Gasteiger partial charge is 0.378 e. The number of terminal acetylenes is 1. The van der Waals surface area contributed by atoms with Crippen molar-refractivity contribution in [1.82, 2.24) is 9.97 Å². The van der Waals surface area contributed by atoms with Gasteiger partial charge < -0.3 is 5.73 Å². The highest BCUT2D eigenvalue weighted by Crippen LogP contribution is 2.39. The van der Waals surface area contributed by atoms with Gasteiger partial charge in [0.2, 0.25) is 0 Å². The zero-order valence-corrected chi connectivity index (χ0v) is 15.5. The first kappa shape index (κ1) is 18.8. The summed E-state index contributed by atoms with van der Waals surface area (Å²) in [6.45, 7) is 5.89. The molecule has 0 bridgehead atoms. The molecule has 0 saturated heterocycles. The van der Waals surface area contributed by atoms with Crippen molar-refractivity contribution in [2.24, 2.45) is 10.7 Å². The first-order valence-electron chi connectivity index (χ1n) is 8.12. The van der Waals surface area contributed by atoms with Crippen LogP contribution in [0.5, 0.6) is 0 Å². The standard InChI is InChI=1S/C20H17FN4OS/c1-4-13-7-15(21)18(24-11-13)16(26)8-14-5-6-23-17(9-14)20(3)10-12(2)27-19(22)25-20/h1,5-7,9,11H,2,8,10H2,3H3,(H2,22,25)/t20-/m0/s1. The van der Waals surface area contributed by atoms with Gasteiger partial charge in [0.15, 0.2) is 16.8 Å². The summed E-state index contributed by atoms with van der Waals surface area (Å²) >= 11 is 1.34. The van der Waals surface area contributed by atoms with Crippen molar-refractivity contribution in [3.8, 4) is 12.3 Å². The Bertz CT molecular complexity index is 1010. The highest BCUT2D eigenvalue weighted by atomic mass is 32.2. The second kappa shape index (κ2) is 7.33. The minimum atomic E-state index is -0.727. The number of Topliss-reactive ketones (excluding diaryl/α,β-unsaturated/α-hetero) is 1. The lowest BCUT2D eigenvalue weighted by Gasteiger charge is -2.30. The molecule has 1 aliphatic rings. The smallest absolute Gasteiger partial charge is 0.188 e. The predicted octanol–water partition coefficient (Wildman–Crippen LogP) is 3.20. The molecule has 0 spiro atoms. The third-order valence-electron chi connectivity index (χ3n) is 4.16. The Labute approximate surface area is 161 Å². The van der Waals surface area contributed by atoms with Crippen molar-refractivity contribution in [1.29, 1.82) is 0 Å². The molecule has 1 atom stereocenters. The Balaban J connectivity index is 1.86. The minimum absolute atomic E-state index is 0.0141. The van der Waals surface area contributed by atoms with Gasteiger partial charge in [0.1, 0.15) is 11.2 Å². The topological polar surface area (TPSA) is 81.2 Å². The normalized spacial score (nSPS) is 19.3. The lowest BCUT2D eigenvalue weighted by molar-refractivity contribution is 0.0984. The SMILES string of the molecule is C#Cc1cnc(C(=O)Cc2ccnc([C@]3(C)CC(=C)SC(N)=N3)c2)c(F)c1. The van der Waals surface area contributed by atoms with E-state index in [4.69, 9.17) is 12.2 Å². The van der Waals surface area contributed by atoms with Crippen molar-refractivity contribution in [3.05, 3.63) is 70.4 Å². The Morgan fingerprint density at radius 2 is 2.26 bits per heavy atom.